The Hall–Kier alpha value is -7.24. The fraction of sp³-hybridized carbons (Fsp3) is 0.404. The molecule has 18 heteroatoms. The average Bonchev–Trinajstić information content (AvgIpc) is 3.38. The lowest BCUT2D eigenvalue weighted by molar-refractivity contribution is -0.275. The lowest BCUT2D eigenvalue weighted by Gasteiger charge is -2.26. The highest BCUT2D eigenvalue weighted by molar-refractivity contribution is 5.87. The number of ether oxygens (including phenoxy) is 6. The number of nitrogens with one attached hydrogen (secondary N) is 2. The summed E-state index contributed by atoms with van der Waals surface area (Å²) in [4.78, 5) is 46.0. The van der Waals surface area contributed by atoms with Crippen LogP contribution in [0.15, 0.2) is 104 Å². The van der Waals surface area contributed by atoms with E-state index in [0.29, 0.717) is 64.3 Å². The van der Waals surface area contributed by atoms with Gasteiger partial charge < -0.3 is 39.1 Å². The number of halogens is 6. The van der Waals surface area contributed by atoms with Crippen LogP contribution in [-0.4, -0.2) is 50.2 Å². The van der Waals surface area contributed by atoms with Gasteiger partial charge in [-0.15, -0.1) is 26.3 Å². The zero-order valence-electron chi connectivity index (χ0n) is 44.8. The van der Waals surface area contributed by atoms with E-state index in [-0.39, 0.29) is 48.9 Å². The maximum Gasteiger partial charge on any atom is 0.573 e. The van der Waals surface area contributed by atoms with Crippen molar-refractivity contribution in [2.24, 2.45) is 0 Å². The molecule has 0 aliphatic heterocycles. The SMILES string of the molecule is C=CC(=O)NCc1cc(-c2ccc(OC(F)(F)F)cc2)c(C)c(O/C=C(\C)CC)c1C(CC)OC(=O)CC.C=CC(=O)NCc1cc(OC)c(C)c(-c2ccc(OC(F)(F)F)cc2)c1.CCC.CCCOC(=O)CC. The van der Waals surface area contributed by atoms with E-state index < -0.39 is 24.7 Å². The van der Waals surface area contributed by atoms with Gasteiger partial charge in [-0.2, -0.15) is 0 Å². The van der Waals surface area contributed by atoms with E-state index in [1.807, 2.05) is 53.7 Å². The topological polar surface area (TPSA) is 148 Å². The standard InChI is InChI=1S/C29H34F3NO5.C19H18F3NO3.C6H12O2.C3H8/c1-7-18(5)17-36-28-19(6)23(20-11-13-22(14-12-20)38-29(30,31)32)15-21(16-33-25(34)9-3)27(28)24(8-2)37-26(35)10-4;1-4-18(24)23-11-13-9-16(12(2)17(10-13)25-3)14-5-7-15(8-6-14)26-19(20,21)22;1-3-5-8-6(7)4-2;1-3-2/h9,11-15,17,24H,3,7-8,10,16H2,1-2,4-6H3,(H,33,34);4-10H,1,11H2,2-3H3,(H,23,24);3-5H2,1-2H3;3H2,1-2H3/b18-17+;;;. The smallest absolute Gasteiger partial charge is 0.496 e. The molecule has 0 saturated heterocycles. The Morgan fingerprint density at radius 3 is 1.56 bits per heavy atom. The van der Waals surface area contributed by atoms with Gasteiger partial charge in [-0.3, -0.25) is 19.2 Å². The molecule has 0 aliphatic rings. The summed E-state index contributed by atoms with van der Waals surface area (Å²) in [5.74, 6) is -0.762. The van der Waals surface area contributed by atoms with Crippen LogP contribution in [0.3, 0.4) is 0 Å². The molecule has 0 heterocycles. The Labute approximate surface area is 437 Å². The summed E-state index contributed by atoms with van der Waals surface area (Å²) in [5.41, 5.74) is 7.27. The predicted molar refractivity (Wildman–Crippen MR) is 279 cm³/mol. The second-order valence-corrected chi connectivity index (χ2v) is 16.4. The first-order valence-electron chi connectivity index (χ1n) is 24.4. The number of carbonyl (C=O) groups is 4. The molecule has 0 bridgehead atoms. The molecule has 0 fully saturated rings. The van der Waals surface area contributed by atoms with Crippen molar-refractivity contribution in [3.05, 3.63) is 132 Å². The zero-order valence-corrected chi connectivity index (χ0v) is 44.8. The Morgan fingerprint density at radius 1 is 0.667 bits per heavy atom. The van der Waals surface area contributed by atoms with Gasteiger partial charge in [0.05, 0.1) is 20.0 Å². The minimum absolute atomic E-state index is 0.0791. The third-order valence-electron chi connectivity index (χ3n) is 10.3. The summed E-state index contributed by atoms with van der Waals surface area (Å²) in [6.07, 6.45) is -2.22. The number of carbonyl (C=O) groups excluding carboxylic acids is 4. The number of rotatable bonds is 21. The molecule has 4 aromatic rings. The molecule has 4 rings (SSSR count). The van der Waals surface area contributed by atoms with Crippen LogP contribution in [0.1, 0.15) is 128 Å². The monoisotopic (exact) mass is 1060 g/mol. The van der Waals surface area contributed by atoms with Gasteiger partial charge in [-0.25, -0.2) is 0 Å². The van der Waals surface area contributed by atoms with Crippen LogP contribution in [0.2, 0.25) is 0 Å². The van der Waals surface area contributed by atoms with Crippen LogP contribution in [0.5, 0.6) is 23.0 Å². The quantitative estimate of drug-likeness (QED) is 0.0358. The van der Waals surface area contributed by atoms with Crippen molar-refractivity contribution < 1.29 is 73.9 Å². The third-order valence-corrected chi connectivity index (χ3v) is 10.3. The lowest BCUT2D eigenvalue weighted by Crippen LogP contribution is -2.22. The van der Waals surface area contributed by atoms with Crippen molar-refractivity contribution in [3.8, 4) is 45.3 Å². The van der Waals surface area contributed by atoms with Crippen molar-refractivity contribution in [2.75, 3.05) is 13.7 Å². The van der Waals surface area contributed by atoms with Crippen molar-refractivity contribution in [3.63, 3.8) is 0 Å². The highest BCUT2D eigenvalue weighted by atomic mass is 19.4. The molecule has 75 heavy (non-hydrogen) atoms. The maximum atomic E-state index is 12.6. The number of amides is 2. The molecule has 2 N–H and O–H groups in total. The molecular weight excluding hydrogens is 987 g/mol. The molecule has 0 spiro atoms. The zero-order chi connectivity index (χ0) is 56.9. The minimum Gasteiger partial charge on any atom is -0.496 e. The molecule has 0 saturated carbocycles. The van der Waals surface area contributed by atoms with Gasteiger partial charge in [-0.1, -0.05) is 92.3 Å². The lowest BCUT2D eigenvalue weighted by atomic mass is 9.89. The fourth-order valence-electron chi connectivity index (χ4n) is 6.48. The Morgan fingerprint density at radius 2 is 1.15 bits per heavy atom. The minimum atomic E-state index is -4.80. The number of allylic oxidation sites excluding steroid dienone is 1. The van der Waals surface area contributed by atoms with E-state index in [4.69, 9.17) is 18.9 Å². The Kier molecular flexibility index (Phi) is 29.4. The van der Waals surface area contributed by atoms with E-state index in [1.54, 1.807) is 26.2 Å². The molecule has 0 aromatic heterocycles. The van der Waals surface area contributed by atoms with Gasteiger partial charge in [0.25, 0.3) is 0 Å². The van der Waals surface area contributed by atoms with Crippen molar-refractivity contribution >= 4 is 23.8 Å². The Bertz CT molecular complexity index is 2490. The van der Waals surface area contributed by atoms with Crippen LogP contribution in [0.25, 0.3) is 22.3 Å². The second-order valence-electron chi connectivity index (χ2n) is 16.4. The second kappa shape index (κ2) is 33.6. The van der Waals surface area contributed by atoms with Crippen LogP contribution in [0, 0.1) is 13.8 Å². The molecule has 412 valence electrons. The number of alkyl halides is 6. The molecular formula is C57H72F6N2O10. The predicted octanol–water partition coefficient (Wildman–Crippen LogP) is 14.6. The molecule has 4 aromatic carbocycles. The highest BCUT2D eigenvalue weighted by Gasteiger charge is 2.32. The first kappa shape index (κ1) is 65.8. The average molecular weight is 1060 g/mol. The number of esters is 2. The molecule has 0 aliphatic carbocycles. The summed E-state index contributed by atoms with van der Waals surface area (Å²) in [5, 5.41) is 5.43. The van der Waals surface area contributed by atoms with Crippen LogP contribution in [-0.2, 0) is 41.7 Å². The maximum absolute atomic E-state index is 12.6. The molecule has 2 amide bonds. The summed E-state index contributed by atoms with van der Waals surface area (Å²) in [6.45, 7) is 26.9. The van der Waals surface area contributed by atoms with E-state index >= 15 is 0 Å². The number of methoxy groups -OCH3 is 1. The first-order chi connectivity index (χ1) is 35.4. The van der Waals surface area contributed by atoms with Gasteiger partial charge in [-0.05, 0) is 145 Å². The van der Waals surface area contributed by atoms with Crippen molar-refractivity contribution in [2.45, 2.75) is 140 Å². The fourth-order valence-corrected chi connectivity index (χ4v) is 6.48. The van der Waals surface area contributed by atoms with E-state index in [0.717, 1.165) is 41.2 Å². The largest absolute Gasteiger partial charge is 0.573 e. The van der Waals surface area contributed by atoms with Gasteiger partial charge in [0.15, 0.2) is 0 Å². The molecule has 1 unspecified atom stereocenters. The van der Waals surface area contributed by atoms with Gasteiger partial charge >= 0.3 is 24.7 Å². The normalized spacial score (nSPS) is 11.3. The molecule has 1 atom stereocenters. The number of benzene rings is 4. The summed E-state index contributed by atoms with van der Waals surface area (Å²) < 4.78 is 105. The first-order valence-corrected chi connectivity index (χ1v) is 24.4. The van der Waals surface area contributed by atoms with Gasteiger partial charge in [0, 0.05) is 31.5 Å². The summed E-state index contributed by atoms with van der Waals surface area (Å²) in [6, 6.07) is 16.5. The van der Waals surface area contributed by atoms with Crippen LogP contribution >= 0.6 is 0 Å². The van der Waals surface area contributed by atoms with E-state index in [1.165, 1.54) is 68.1 Å². The van der Waals surface area contributed by atoms with Crippen molar-refractivity contribution in [1.82, 2.24) is 10.6 Å². The van der Waals surface area contributed by atoms with E-state index in [9.17, 15) is 45.5 Å². The van der Waals surface area contributed by atoms with E-state index in [2.05, 4.69) is 47.1 Å². The summed E-state index contributed by atoms with van der Waals surface area (Å²) >= 11 is 0. The van der Waals surface area contributed by atoms with Crippen LogP contribution < -0.4 is 29.6 Å². The molecule has 0 radical (unpaired) electrons. The van der Waals surface area contributed by atoms with Crippen molar-refractivity contribution in [1.29, 1.82) is 0 Å². The Balaban J connectivity index is 0.000000651. The van der Waals surface area contributed by atoms with Gasteiger partial charge in [0.2, 0.25) is 11.8 Å². The van der Waals surface area contributed by atoms with Gasteiger partial charge in [0.1, 0.15) is 29.1 Å². The number of hydrogen-bond acceptors (Lipinski definition) is 10. The number of hydrogen-bond donors (Lipinski definition) is 2. The third kappa shape index (κ3) is 24.1. The molecule has 12 nitrogen and oxygen atoms in total. The highest BCUT2D eigenvalue weighted by Crippen LogP contribution is 2.42. The van der Waals surface area contributed by atoms with Crippen LogP contribution in [0.4, 0.5) is 26.3 Å². The summed E-state index contributed by atoms with van der Waals surface area (Å²) in [7, 11) is 1.53.